The molecular formula is C12H5Cl4N3O3. The van der Waals surface area contributed by atoms with Gasteiger partial charge in [0.05, 0.1) is 9.95 Å². The third-order valence-corrected chi connectivity index (χ3v) is 3.69. The van der Waals surface area contributed by atoms with Crippen LogP contribution in [0.1, 0.15) is 0 Å². The number of rotatable bonds is 3. The number of hydrogen-bond acceptors (Lipinski definition) is 4. The summed E-state index contributed by atoms with van der Waals surface area (Å²) in [6, 6.07) is 6.39. The van der Waals surface area contributed by atoms with Gasteiger partial charge in [0.2, 0.25) is 0 Å². The number of nitro groups is 1. The average Bonchev–Trinajstić information content (AvgIpc) is 2.44. The van der Waals surface area contributed by atoms with E-state index in [0.717, 1.165) is 12.1 Å². The Morgan fingerprint density at radius 2 is 1.55 bits per heavy atom. The van der Waals surface area contributed by atoms with E-state index in [1.807, 2.05) is 0 Å². The van der Waals surface area contributed by atoms with Gasteiger partial charge in [0.25, 0.3) is 11.4 Å². The molecule has 2 rings (SSSR count). The molecule has 0 unspecified atom stereocenters. The van der Waals surface area contributed by atoms with E-state index in [2.05, 4.69) is 5.11 Å². The summed E-state index contributed by atoms with van der Waals surface area (Å²) in [4.78, 5) is 10.3. The van der Waals surface area contributed by atoms with Crippen molar-refractivity contribution in [2.24, 2.45) is 5.11 Å². The topological polar surface area (TPSA) is 81.6 Å². The molecule has 0 spiro atoms. The molecule has 2 aromatic carbocycles. The molecule has 0 bridgehead atoms. The van der Waals surface area contributed by atoms with E-state index >= 15 is 0 Å². The van der Waals surface area contributed by atoms with E-state index in [1.54, 1.807) is 0 Å². The Kier molecular flexibility index (Phi) is 5.08. The smallest absolute Gasteiger partial charge is 0.289 e. The number of nitrogens with zero attached hydrogens (tertiary/aromatic N) is 3. The molecule has 0 fully saturated rings. The van der Waals surface area contributed by atoms with E-state index in [0.29, 0.717) is 5.02 Å². The van der Waals surface area contributed by atoms with Crippen molar-refractivity contribution < 1.29 is 9.78 Å². The lowest BCUT2D eigenvalue weighted by Gasteiger charge is -2.04. The molecule has 0 aliphatic heterocycles. The second-order valence-corrected chi connectivity index (χ2v) is 5.64. The summed E-state index contributed by atoms with van der Waals surface area (Å²) in [6.07, 6.45) is 0. The zero-order valence-corrected chi connectivity index (χ0v) is 13.5. The lowest BCUT2D eigenvalue weighted by Crippen LogP contribution is -1.93. The highest BCUT2D eigenvalue weighted by Crippen LogP contribution is 2.37. The summed E-state index contributed by atoms with van der Waals surface area (Å²) in [6.45, 7) is 0. The van der Waals surface area contributed by atoms with Crippen molar-refractivity contribution in [3.63, 3.8) is 0 Å². The van der Waals surface area contributed by atoms with Gasteiger partial charge in [-0.1, -0.05) is 46.4 Å². The van der Waals surface area contributed by atoms with Gasteiger partial charge in [0, 0.05) is 22.3 Å². The zero-order valence-electron chi connectivity index (χ0n) is 10.5. The molecule has 10 heteroatoms. The maximum Gasteiger partial charge on any atom is 0.289 e. The van der Waals surface area contributed by atoms with Gasteiger partial charge >= 0.3 is 0 Å². The van der Waals surface area contributed by atoms with Gasteiger partial charge in [0.15, 0.2) is 5.69 Å². The fourth-order valence-electron chi connectivity index (χ4n) is 1.53. The molecule has 0 aliphatic carbocycles. The quantitative estimate of drug-likeness (QED) is 0.277. The highest BCUT2D eigenvalue weighted by Gasteiger charge is 2.18. The van der Waals surface area contributed by atoms with E-state index in [9.17, 15) is 15.3 Å². The summed E-state index contributed by atoms with van der Waals surface area (Å²) >= 11 is 23.3. The molecule has 0 atom stereocenters. The molecule has 6 nitrogen and oxygen atoms in total. The van der Waals surface area contributed by atoms with Crippen molar-refractivity contribution in [1.82, 2.24) is 0 Å². The molecule has 0 aliphatic rings. The monoisotopic (exact) mass is 379 g/mol. The van der Waals surface area contributed by atoms with Crippen molar-refractivity contribution in [3.05, 3.63) is 65.7 Å². The van der Waals surface area contributed by atoms with Gasteiger partial charge in [-0.2, -0.15) is 0 Å². The zero-order chi connectivity index (χ0) is 16.4. The first-order valence-electron chi connectivity index (χ1n) is 5.57. The Bertz CT molecular complexity index is 795. The van der Waals surface area contributed by atoms with Crippen molar-refractivity contribution >= 4 is 63.5 Å². The Labute approximate surface area is 144 Å². The van der Waals surface area contributed by atoms with Gasteiger partial charge in [-0.15, -0.1) is 0 Å². The Morgan fingerprint density at radius 1 is 0.864 bits per heavy atom. The number of halogens is 4. The van der Waals surface area contributed by atoms with Gasteiger partial charge in [-0.3, -0.25) is 10.1 Å². The van der Waals surface area contributed by atoms with Crippen LogP contribution in [-0.2, 0) is 0 Å². The Hall–Kier alpha value is -1.60. The van der Waals surface area contributed by atoms with Crippen LogP contribution in [0.5, 0.6) is 0 Å². The van der Waals surface area contributed by atoms with E-state index in [1.165, 1.54) is 18.2 Å². The van der Waals surface area contributed by atoms with Crippen LogP contribution in [0.25, 0.3) is 0 Å². The van der Waals surface area contributed by atoms with Crippen molar-refractivity contribution in [3.8, 4) is 0 Å². The van der Waals surface area contributed by atoms with Gasteiger partial charge < -0.3 is 5.21 Å². The predicted molar refractivity (Wildman–Crippen MR) is 85.0 cm³/mol. The molecule has 2 aromatic rings. The molecule has 0 heterocycles. The minimum Gasteiger partial charge on any atom is -0.594 e. The molecule has 0 aromatic heterocycles. The minimum atomic E-state index is -0.694. The lowest BCUT2D eigenvalue weighted by molar-refractivity contribution is -0.435. The third-order valence-electron chi connectivity index (χ3n) is 2.53. The van der Waals surface area contributed by atoms with Crippen LogP contribution < -0.4 is 0 Å². The van der Waals surface area contributed by atoms with Crippen LogP contribution in [0.15, 0.2) is 35.4 Å². The van der Waals surface area contributed by atoms with Gasteiger partial charge in [-0.25, -0.2) is 0 Å². The maximum absolute atomic E-state index is 12.0. The fraction of sp³-hybridized carbons (Fsp3) is 0. The van der Waals surface area contributed by atoms with Gasteiger partial charge in [0.1, 0.15) is 10.0 Å². The summed E-state index contributed by atoms with van der Waals surface area (Å²) in [5.41, 5.74) is -0.424. The normalized spacial score (nSPS) is 11.5. The first kappa shape index (κ1) is 16.8. The lowest BCUT2D eigenvalue weighted by atomic mass is 10.3. The molecule has 0 saturated carbocycles. The Balaban J connectivity index is 2.51. The molecule has 0 N–H and O–H groups in total. The van der Waals surface area contributed by atoms with E-state index in [-0.39, 0.29) is 37.0 Å². The number of benzene rings is 2. The van der Waals surface area contributed by atoms with E-state index < -0.39 is 4.92 Å². The summed E-state index contributed by atoms with van der Waals surface area (Å²) < 4.78 is 0. The molecular weight excluding hydrogens is 376 g/mol. The Morgan fingerprint density at radius 3 is 2.18 bits per heavy atom. The largest absolute Gasteiger partial charge is 0.594 e. The first-order valence-corrected chi connectivity index (χ1v) is 7.08. The summed E-state index contributed by atoms with van der Waals surface area (Å²) in [5.74, 6) is 0. The predicted octanol–water partition coefficient (Wildman–Crippen LogP) is 6.13. The minimum absolute atomic E-state index is 0.000270. The summed E-state index contributed by atoms with van der Waals surface area (Å²) in [7, 11) is 0. The SMILES string of the molecule is O=[N+]([O-])c1cc(Cl)c(N=[N+]([O-])c2cc(Cl)ccc2Cl)cc1Cl. The van der Waals surface area contributed by atoms with Gasteiger partial charge in [-0.05, 0) is 23.1 Å². The van der Waals surface area contributed by atoms with Crippen LogP contribution in [0.2, 0.25) is 20.1 Å². The van der Waals surface area contributed by atoms with Crippen LogP contribution in [0, 0.1) is 15.3 Å². The second-order valence-electron chi connectivity index (χ2n) is 3.98. The van der Waals surface area contributed by atoms with Crippen LogP contribution in [0.3, 0.4) is 0 Å². The second kappa shape index (κ2) is 6.66. The van der Waals surface area contributed by atoms with Crippen LogP contribution in [0.4, 0.5) is 17.1 Å². The van der Waals surface area contributed by atoms with Crippen molar-refractivity contribution in [2.75, 3.05) is 0 Å². The van der Waals surface area contributed by atoms with Crippen molar-refractivity contribution in [1.29, 1.82) is 0 Å². The molecule has 22 heavy (non-hydrogen) atoms. The first-order chi connectivity index (χ1) is 10.3. The highest BCUT2D eigenvalue weighted by atomic mass is 35.5. The molecule has 114 valence electrons. The van der Waals surface area contributed by atoms with E-state index in [4.69, 9.17) is 46.4 Å². The molecule has 0 radical (unpaired) electrons. The molecule has 0 saturated heterocycles. The number of hydrogen-bond donors (Lipinski definition) is 0. The maximum atomic E-state index is 12.0. The van der Waals surface area contributed by atoms with Crippen molar-refractivity contribution in [2.45, 2.75) is 0 Å². The highest BCUT2D eigenvalue weighted by molar-refractivity contribution is 6.36. The molecule has 0 amide bonds. The summed E-state index contributed by atoms with van der Waals surface area (Å²) in [5, 5.41) is 26.6. The van der Waals surface area contributed by atoms with Crippen LogP contribution >= 0.6 is 46.4 Å². The third kappa shape index (κ3) is 3.59. The number of nitro benzene ring substituents is 1. The standard InChI is InChI=1S/C12H5Cl4N3O3/c13-6-1-2-7(14)11(3-6)18(20)17-10-4-9(16)12(19(21)22)5-8(10)15/h1-5H. The van der Waals surface area contributed by atoms with Crippen LogP contribution in [-0.4, -0.2) is 9.78 Å². The average molecular weight is 381 g/mol. The fourth-order valence-corrected chi connectivity index (χ4v) is 2.31. The number of azo groups is 1.